The molecule has 184 valence electrons. The lowest BCUT2D eigenvalue weighted by Crippen LogP contribution is -2.57. The van der Waals surface area contributed by atoms with Gasteiger partial charge in [0, 0.05) is 17.5 Å². The van der Waals surface area contributed by atoms with E-state index < -0.39 is 28.7 Å². The summed E-state index contributed by atoms with van der Waals surface area (Å²) in [5.41, 5.74) is 2.77. The van der Waals surface area contributed by atoms with Gasteiger partial charge in [0.05, 0.1) is 35.8 Å². The van der Waals surface area contributed by atoms with Crippen LogP contribution in [0.4, 0.5) is 5.69 Å². The van der Waals surface area contributed by atoms with Crippen molar-refractivity contribution in [1.29, 1.82) is 0 Å². The van der Waals surface area contributed by atoms with E-state index in [2.05, 4.69) is 6.58 Å². The molecule has 3 aliphatic rings. The third-order valence-corrected chi connectivity index (χ3v) is 9.45. The van der Waals surface area contributed by atoms with Gasteiger partial charge in [-0.15, -0.1) is 18.3 Å². The Bertz CT molecular complexity index is 1010. The van der Waals surface area contributed by atoms with Crippen LogP contribution >= 0.6 is 11.8 Å². The molecule has 34 heavy (non-hydrogen) atoms. The fraction of sp³-hybridized carbons (Fsp3) is 0.577. The third-order valence-electron chi connectivity index (χ3n) is 7.50. The number of carbonyl (C=O) groups is 3. The number of benzene rings is 1. The number of rotatable bonds is 8. The van der Waals surface area contributed by atoms with Gasteiger partial charge >= 0.3 is 5.97 Å². The van der Waals surface area contributed by atoms with Crippen molar-refractivity contribution in [2.45, 2.75) is 62.6 Å². The molecule has 3 heterocycles. The highest BCUT2D eigenvalue weighted by Crippen LogP contribution is 2.67. The molecule has 1 aromatic carbocycles. The quantitative estimate of drug-likeness (QED) is 0.449. The fourth-order valence-corrected chi connectivity index (χ4v) is 8.22. The van der Waals surface area contributed by atoms with Gasteiger partial charge in [-0.3, -0.25) is 14.4 Å². The maximum Gasteiger partial charge on any atom is 0.310 e. The zero-order valence-corrected chi connectivity index (χ0v) is 21.1. The summed E-state index contributed by atoms with van der Waals surface area (Å²) in [6.45, 7) is 11.6. The Balaban J connectivity index is 1.82. The van der Waals surface area contributed by atoms with E-state index in [0.29, 0.717) is 13.0 Å². The van der Waals surface area contributed by atoms with Crippen LogP contribution in [0.15, 0.2) is 30.9 Å². The second-order valence-corrected chi connectivity index (χ2v) is 11.2. The number of aliphatic hydroxyl groups is 1. The number of nitrogens with zero attached hydrogens (tertiary/aromatic N) is 2. The summed E-state index contributed by atoms with van der Waals surface area (Å²) in [4.78, 5) is 44.4. The van der Waals surface area contributed by atoms with Gasteiger partial charge < -0.3 is 19.6 Å². The topological polar surface area (TPSA) is 87.2 Å². The molecule has 3 aliphatic heterocycles. The Hall–Kier alpha value is -2.32. The molecule has 1 spiro atoms. The van der Waals surface area contributed by atoms with Crippen LogP contribution in [0.2, 0.25) is 0 Å². The molecule has 0 aromatic heterocycles. The number of hydrogen-bond donors (Lipinski definition) is 1. The van der Waals surface area contributed by atoms with Crippen LogP contribution in [-0.2, 0) is 19.1 Å². The summed E-state index contributed by atoms with van der Waals surface area (Å²) < 4.78 is 4.64. The lowest BCUT2D eigenvalue weighted by atomic mass is 9.71. The van der Waals surface area contributed by atoms with Crippen molar-refractivity contribution in [3.05, 3.63) is 42.0 Å². The minimum atomic E-state index is -0.776. The first-order valence-corrected chi connectivity index (χ1v) is 12.9. The van der Waals surface area contributed by atoms with Gasteiger partial charge in [0.15, 0.2) is 0 Å². The standard InChI is InChI=1S/C26H34N2O5S/c1-6-12-27(18-13-15(3)8-9-16(18)4)24(31)22-26-11-10-19(34-26)20(25(32)33-7-2)21(26)23(30)28(22)17(5)14-29/h6,8-9,13,17,19-22,29H,1,7,10-12,14H2,2-5H3/t17-,19+,20-,21+,22?,26?/m1/s1. The normalized spacial score (nSPS) is 30.3. The van der Waals surface area contributed by atoms with Crippen molar-refractivity contribution in [2.75, 3.05) is 24.7 Å². The van der Waals surface area contributed by atoms with Crippen molar-refractivity contribution < 1.29 is 24.2 Å². The molecule has 8 heteroatoms. The van der Waals surface area contributed by atoms with Crippen molar-refractivity contribution in [2.24, 2.45) is 11.8 Å². The van der Waals surface area contributed by atoms with Gasteiger partial charge in [-0.25, -0.2) is 0 Å². The first kappa shape index (κ1) is 24.8. The van der Waals surface area contributed by atoms with Crippen LogP contribution in [0, 0.1) is 25.7 Å². The Labute approximate surface area is 205 Å². The molecule has 4 rings (SSSR count). The molecule has 2 unspecified atom stereocenters. The molecule has 3 fully saturated rings. The fourth-order valence-electron chi connectivity index (χ4n) is 6.03. The van der Waals surface area contributed by atoms with E-state index in [9.17, 15) is 19.5 Å². The number of hydrogen-bond acceptors (Lipinski definition) is 6. The summed E-state index contributed by atoms with van der Waals surface area (Å²) in [5, 5.41) is 9.97. The SMILES string of the molecule is C=CCN(C(=O)C1N([C@H](C)CO)C(=O)[C@@H]2[C@H](C(=O)OCC)[C@@H]3CCC12S3)c1cc(C)ccc1C. The van der Waals surface area contributed by atoms with E-state index in [4.69, 9.17) is 4.74 Å². The van der Waals surface area contributed by atoms with Crippen LogP contribution in [0.1, 0.15) is 37.8 Å². The monoisotopic (exact) mass is 486 g/mol. The number of anilines is 1. The number of likely N-dealkylation sites (tertiary alicyclic amines) is 1. The average Bonchev–Trinajstić information content (AvgIpc) is 3.46. The summed E-state index contributed by atoms with van der Waals surface area (Å²) >= 11 is 1.60. The largest absolute Gasteiger partial charge is 0.466 e. The van der Waals surface area contributed by atoms with Gasteiger partial charge in [-0.2, -0.15) is 0 Å². The number of thioether (sulfide) groups is 1. The van der Waals surface area contributed by atoms with Crippen molar-refractivity contribution in [3.63, 3.8) is 0 Å². The Morgan fingerprint density at radius 1 is 1.41 bits per heavy atom. The number of aryl methyl sites for hydroxylation is 2. The van der Waals surface area contributed by atoms with Gasteiger partial charge in [-0.1, -0.05) is 18.2 Å². The molecule has 0 aliphatic carbocycles. The highest BCUT2D eigenvalue weighted by Gasteiger charge is 2.74. The summed E-state index contributed by atoms with van der Waals surface area (Å²) in [6.07, 6.45) is 3.12. The minimum absolute atomic E-state index is 0.0385. The molecule has 3 saturated heterocycles. The van der Waals surface area contributed by atoms with Crippen LogP contribution in [0.3, 0.4) is 0 Å². The number of esters is 1. The Morgan fingerprint density at radius 3 is 2.79 bits per heavy atom. The van der Waals surface area contributed by atoms with E-state index in [-0.39, 0.29) is 36.2 Å². The Morgan fingerprint density at radius 2 is 2.15 bits per heavy atom. The highest BCUT2D eigenvalue weighted by atomic mass is 32.2. The predicted octanol–water partition coefficient (Wildman–Crippen LogP) is 2.86. The van der Waals surface area contributed by atoms with Crippen LogP contribution in [0.25, 0.3) is 0 Å². The zero-order valence-electron chi connectivity index (χ0n) is 20.3. The first-order valence-electron chi connectivity index (χ1n) is 12.0. The average molecular weight is 487 g/mol. The van der Waals surface area contributed by atoms with Gasteiger partial charge in [0.1, 0.15) is 6.04 Å². The second kappa shape index (κ2) is 9.38. The summed E-state index contributed by atoms with van der Waals surface area (Å²) in [6, 6.07) is 4.63. The second-order valence-electron chi connectivity index (χ2n) is 9.61. The molecule has 2 amide bonds. The number of amides is 2. The molecule has 0 saturated carbocycles. The lowest BCUT2D eigenvalue weighted by Gasteiger charge is -2.39. The zero-order chi connectivity index (χ0) is 24.8. The highest BCUT2D eigenvalue weighted by molar-refractivity contribution is 8.02. The van der Waals surface area contributed by atoms with Crippen molar-refractivity contribution in [3.8, 4) is 0 Å². The number of fused-ring (bicyclic) bond motifs is 1. The van der Waals surface area contributed by atoms with Crippen LogP contribution < -0.4 is 4.90 Å². The molecule has 1 aromatic rings. The van der Waals surface area contributed by atoms with E-state index in [1.165, 1.54) is 0 Å². The lowest BCUT2D eigenvalue weighted by molar-refractivity contribution is -0.154. The first-order chi connectivity index (χ1) is 16.2. The molecular formula is C26H34N2O5S. The molecule has 2 bridgehead atoms. The van der Waals surface area contributed by atoms with Crippen LogP contribution in [0.5, 0.6) is 0 Å². The third kappa shape index (κ3) is 3.66. The molecule has 6 atom stereocenters. The number of aliphatic hydroxyl groups excluding tert-OH is 1. The number of ether oxygens (including phenoxy) is 1. The summed E-state index contributed by atoms with van der Waals surface area (Å²) in [7, 11) is 0. The predicted molar refractivity (Wildman–Crippen MR) is 133 cm³/mol. The van der Waals surface area contributed by atoms with E-state index in [1.807, 2.05) is 32.0 Å². The van der Waals surface area contributed by atoms with E-state index in [0.717, 1.165) is 23.2 Å². The molecular weight excluding hydrogens is 452 g/mol. The summed E-state index contributed by atoms with van der Waals surface area (Å²) in [5.74, 6) is -1.97. The van der Waals surface area contributed by atoms with Crippen LogP contribution in [-0.4, -0.2) is 69.6 Å². The molecule has 1 N–H and O–H groups in total. The van der Waals surface area contributed by atoms with E-state index >= 15 is 0 Å². The molecule has 7 nitrogen and oxygen atoms in total. The smallest absolute Gasteiger partial charge is 0.310 e. The van der Waals surface area contributed by atoms with Crippen molar-refractivity contribution in [1.82, 2.24) is 4.90 Å². The van der Waals surface area contributed by atoms with Gasteiger partial charge in [0.25, 0.3) is 5.91 Å². The molecule has 0 radical (unpaired) electrons. The number of carbonyl (C=O) groups excluding carboxylic acids is 3. The van der Waals surface area contributed by atoms with Gasteiger partial charge in [0.2, 0.25) is 5.91 Å². The minimum Gasteiger partial charge on any atom is -0.466 e. The van der Waals surface area contributed by atoms with Crippen molar-refractivity contribution >= 4 is 35.2 Å². The van der Waals surface area contributed by atoms with Gasteiger partial charge in [-0.05, 0) is 57.7 Å². The maximum absolute atomic E-state index is 14.4. The van der Waals surface area contributed by atoms with E-state index in [1.54, 1.807) is 41.5 Å². The maximum atomic E-state index is 14.4. The Kier molecular flexibility index (Phi) is 6.84.